The Hall–Kier alpha value is -7.69. The quantitative estimate of drug-likeness (QED) is 0.175. The summed E-state index contributed by atoms with van der Waals surface area (Å²) in [6.45, 7) is 0. The third-order valence-corrected chi connectivity index (χ3v) is 12.6. The number of hydrogen-bond acceptors (Lipinski definition) is 4. The molecule has 3 atom stereocenters. The Kier molecular flexibility index (Phi) is 7.85. The zero-order chi connectivity index (χ0) is 39.6. The number of ether oxygens (including phenoxy) is 1. The van der Waals surface area contributed by atoms with Crippen molar-refractivity contribution in [3.63, 3.8) is 0 Å². The summed E-state index contributed by atoms with van der Waals surface area (Å²) in [6, 6.07) is 65.0. The lowest BCUT2D eigenvalue weighted by atomic mass is 9.60. The molecular formula is C56H37N3O. The van der Waals surface area contributed by atoms with Gasteiger partial charge in [0.25, 0.3) is 0 Å². The van der Waals surface area contributed by atoms with Crippen LogP contribution in [0.1, 0.15) is 16.7 Å². The predicted molar refractivity (Wildman–Crippen MR) is 242 cm³/mol. The van der Waals surface area contributed by atoms with Crippen molar-refractivity contribution in [1.82, 2.24) is 15.0 Å². The number of benzene rings is 7. The summed E-state index contributed by atoms with van der Waals surface area (Å²) in [5, 5.41) is 1.15. The zero-order valence-corrected chi connectivity index (χ0v) is 32.6. The van der Waals surface area contributed by atoms with E-state index in [0.717, 1.165) is 44.7 Å². The van der Waals surface area contributed by atoms with E-state index in [1.165, 1.54) is 50.1 Å². The Balaban J connectivity index is 1.05. The van der Waals surface area contributed by atoms with Crippen LogP contribution in [0.15, 0.2) is 212 Å². The van der Waals surface area contributed by atoms with Gasteiger partial charge in [0, 0.05) is 39.8 Å². The van der Waals surface area contributed by atoms with Crippen molar-refractivity contribution in [2.75, 3.05) is 0 Å². The van der Waals surface area contributed by atoms with Crippen molar-refractivity contribution in [3.05, 3.63) is 229 Å². The molecule has 3 heterocycles. The maximum absolute atomic E-state index is 6.83. The van der Waals surface area contributed by atoms with E-state index in [-0.39, 0.29) is 12.0 Å². The molecule has 0 bridgehead atoms. The molecule has 0 saturated carbocycles. The van der Waals surface area contributed by atoms with Crippen LogP contribution in [0.25, 0.3) is 78.2 Å². The number of hydrogen-bond donors (Lipinski definition) is 0. The molecule has 0 fully saturated rings. The summed E-state index contributed by atoms with van der Waals surface area (Å²) in [7, 11) is 0. The fraction of sp³-hybridized carbons (Fsp3) is 0.0536. The highest BCUT2D eigenvalue weighted by Crippen LogP contribution is 2.62. The second kappa shape index (κ2) is 13.7. The second-order valence-corrected chi connectivity index (χ2v) is 15.9. The van der Waals surface area contributed by atoms with Gasteiger partial charge in [0.1, 0.15) is 11.9 Å². The van der Waals surface area contributed by atoms with Gasteiger partial charge in [-0.15, -0.1) is 0 Å². The second-order valence-electron chi connectivity index (χ2n) is 15.9. The first-order valence-electron chi connectivity index (χ1n) is 20.6. The standard InChI is InChI=1S/C56H37N3O/c1-3-13-38(14-4-1)51-35-52(59-55(58-51)39-15-5-2-6-16-39)41-29-31-44-43-30-28-40(36-24-26-37(27-25-36)42-17-11-21-50-45(42)18-12-32-57-50)33-48(43)56(49(44)34-41)46-19-7-9-22-53(46)60-54-23-10-8-20-47(54)56/h1-35,46,53H. The van der Waals surface area contributed by atoms with Crippen LogP contribution in [0, 0.1) is 5.92 Å². The van der Waals surface area contributed by atoms with E-state index in [1.807, 2.05) is 36.5 Å². The van der Waals surface area contributed by atoms with Crippen LogP contribution in [0.4, 0.5) is 0 Å². The zero-order valence-electron chi connectivity index (χ0n) is 32.6. The molecule has 7 aromatic carbocycles. The van der Waals surface area contributed by atoms with Crippen LogP contribution >= 0.6 is 0 Å². The van der Waals surface area contributed by atoms with Crippen molar-refractivity contribution >= 4 is 10.9 Å². The third kappa shape index (κ3) is 5.34. The fourth-order valence-corrected chi connectivity index (χ4v) is 9.92. The van der Waals surface area contributed by atoms with E-state index >= 15 is 0 Å². The number of fused-ring (bicyclic) bond motifs is 10. The van der Waals surface area contributed by atoms with Gasteiger partial charge in [0.05, 0.1) is 22.3 Å². The molecule has 9 aromatic rings. The van der Waals surface area contributed by atoms with Gasteiger partial charge in [0.15, 0.2) is 5.82 Å². The maximum atomic E-state index is 6.83. The molecular weight excluding hydrogens is 731 g/mol. The lowest BCUT2D eigenvalue weighted by Gasteiger charge is -2.47. The minimum atomic E-state index is -0.537. The van der Waals surface area contributed by atoms with E-state index in [4.69, 9.17) is 14.7 Å². The van der Waals surface area contributed by atoms with Crippen molar-refractivity contribution in [2.24, 2.45) is 5.92 Å². The Morgan fingerprint density at radius 3 is 1.88 bits per heavy atom. The predicted octanol–water partition coefficient (Wildman–Crippen LogP) is 13.2. The van der Waals surface area contributed by atoms with Crippen molar-refractivity contribution in [1.29, 1.82) is 0 Å². The molecule has 0 saturated heterocycles. The average molecular weight is 768 g/mol. The minimum absolute atomic E-state index is 0.00963. The number of allylic oxidation sites excluding steroid dienone is 2. The highest BCUT2D eigenvalue weighted by atomic mass is 16.5. The molecule has 2 aromatic heterocycles. The van der Waals surface area contributed by atoms with Crippen LogP contribution < -0.4 is 4.74 Å². The topological polar surface area (TPSA) is 47.9 Å². The first-order valence-corrected chi connectivity index (χ1v) is 20.6. The largest absolute Gasteiger partial charge is 0.485 e. The molecule has 282 valence electrons. The van der Waals surface area contributed by atoms with Gasteiger partial charge in [0.2, 0.25) is 0 Å². The average Bonchev–Trinajstić information content (AvgIpc) is 3.61. The van der Waals surface area contributed by atoms with Gasteiger partial charge in [-0.1, -0.05) is 164 Å². The molecule has 0 radical (unpaired) electrons. The van der Waals surface area contributed by atoms with Crippen LogP contribution in [-0.2, 0) is 5.41 Å². The first kappa shape index (κ1) is 34.4. The van der Waals surface area contributed by atoms with E-state index in [0.29, 0.717) is 5.82 Å². The maximum Gasteiger partial charge on any atom is 0.160 e. The lowest BCUT2D eigenvalue weighted by molar-refractivity contribution is 0.141. The molecule has 3 unspecified atom stereocenters. The van der Waals surface area contributed by atoms with Crippen molar-refractivity contribution < 1.29 is 4.74 Å². The minimum Gasteiger partial charge on any atom is -0.485 e. The summed E-state index contributed by atoms with van der Waals surface area (Å²) in [5.41, 5.74) is 16.2. The number of rotatable bonds is 5. The van der Waals surface area contributed by atoms with E-state index < -0.39 is 5.41 Å². The normalized spacial score (nSPS) is 18.1. The first-order chi connectivity index (χ1) is 29.7. The highest BCUT2D eigenvalue weighted by molar-refractivity contribution is 5.95. The van der Waals surface area contributed by atoms with E-state index in [9.17, 15) is 0 Å². The molecule has 4 heteroatoms. The molecule has 0 N–H and O–H groups in total. The van der Waals surface area contributed by atoms with Gasteiger partial charge in [-0.2, -0.15) is 0 Å². The van der Waals surface area contributed by atoms with Crippen LogP contribution in [0.5, 0.6) is 5.75 Å². The number of pyridine rings is 1. The summed E-state index contributed by atoms with van der Waals surface area (Å²) in [5.74, 6) is 1.63. The lowest BCUT2D eigenvalue weighted by Crippen LogP contribution is -2.47. The molecule has 4 nitrogen and oxygen atoms in total. The van der Waals surface area contributed by atoms with Crippen LogP contribution in [0.3, 0.4) is 0 Å². The highest BCUT2D eigenvalue weighted by Gasteiger charge is 2.56. The van der Waals surface area contributed by atoms with Crippen molar-refractivity contribution in [2.45, 2.75) is 11.5 Å². The van der Waals surface area contributed by atoms with Crippen LogP contribution in [0.2, 0.25) is 0 Å². The van der Waals surface area contributed by atoms with Gasteiger partial charge in [-0.3, -0.25) is 4.98 Å². The Morgan fingerprint density at radius 1 is 0.433 bits per heavy atom. The molecule has 3 aliphatic rings. The summed E-state index contributed by atoms with van der Waals surface area (Å²) in [4.78, 5) is 15.0. The van der Waals surface area contributed by atoms with Crippen molar-refractivity contribution in [3.8, 4) is 73.0 Å². The Morgan fingerprint density at radius 2 is 1.08 bits per heavy atom. The third-order valence-electron chi connectivity index (χ3n) is 12.6. The Labute approximate surface area is 348 Å². The van der Waals surface area contributed by atoms with E-state index in [2.05, 4.69) is 181 Å². The summed E-state index contributed by atoms with van der Waals surface area (Å²) >= 11 is 0. The van der Waals surface area contributed by atoms with Gasteiger partial charge < -0.3 is 4.74 Å². The molecule has 12 rings (SSSR count). The smallest absolute Gasteiger partial charge is 0.160 e. The van der Waals surface area contributed by atoms with Gasteiger partial charge >= 0.3 is 0 Å². The Bertz CT molecular complexity index is 3130. The monoisotopic (exact) mass is 767 g/mol. The molecule has 1 spiro atoms. The molecule has 60 heavy (non-hydrogen) atoms. The molecule has 0 amide bonds. The number of aromatic nitrogens is 3. The summed E-state index contributed by atoms with van der Waals surface area (Å²) < 4.78 is 6.83. The molecule has 1 aliphatic heterocycles. The number of nitrogens with zero attached hydrogens (tertiary/aromatic N) is 3. The summed E-state index contributed by atoms with van der Waals surface area (Å²) in [6.07, 6.45) is 10.6. The molecule has 2 aliphatic carbocycles. The fourth-order valence-electron chi connectivity index (χ4n) is 9.92. The van der Waals surface area contributed by atoms with Crippen LogP contribution in [-0.4, -0.2) is 21.1 Å². The van der Waals surface area contributed by atoms with E-state index in [1.54, 1.807) is 0 Å². The number of para-hydroxylation sites is 1. The van der Waals surface area contributed by atoms with Gasteiger partial charge in [-0.25, -0.2) is 9.97 Å². The van der Waals surface area contributed by atoms with Gasteiger partial charge in [-0.05, 0) is 87.0 Å². The SMILES string of the molecule is C1=CC2Oc3ccccc3C3(c4cc(-c5ccc(-c6cccc7ncccc67)cc5)ccc4-c4ccc(-c5cc(-c6ccccc6)nc(-c6ccccc6)n5)cc43)C2C=C1.